The number of nitrogens with zero attached hydrogens (tertiary/aromatic N) is 2. The van der Waals surface area contributed by atoms with Crippen LogP contribution >= 0.6 is 0 Å². The first-order valence-corrected chi connectivity index (χ1v) is 4.78. The summed E-state index contributed by atoms with van der Waals surface area (Å²) in [6.45, 7) is 2.62. The quantitative estimate of drug-likeness (QED) is 0.563. The number of rotatable bonds is 2. The lowest BCUT2D eigenvalue weighted by atomic mass is 10.1. The molecule has 1 N–H and O–H groups in total. The molecule has 0 spiro atoms. The van der Waals surface area contributed by atoms with Gasteiger partial charge in [-0.15, -0.1) is 0 Å². The second-order valence-electron chi connectivity index (χ2n) is 3.44. The summed E-state index contributed by atoms with van der Waals surface area (Å²) in [6, 6.07) is -0.565. The van der Waals surface area contributed by atoms with E-state index in [-0.39, 0.29) is 18.4 Å². The summed E-state index contributed by atoms with van der Waals surface area (Å²) in [5.74, 6) is -0.317. The number of nitrogens with one attached hydrogen (secondary N) is 1. The molecule has 6 nitrogen and oxygen atoms in total. The number of carbonyl (C=O) groups is 3. The van der Waals surface area contributed by atoms with Gasteiger partial charge in [0.2, 0.25) is 18.2 Å². The molecule has 0 aromatic carbocycles. The van der Waals surface area contributed by atoms with Gasteiger partial charge in [-0.25, -0.2) is 0 Å². The third kappa shape index (κ3) is 2.45. The fraction of sp³-hybridized carbons (Fsp3) is 0.667. The Morgan fingerprint density at radius 3 is 2.53 bits per heavy atom. The second-order valence-corrected chi connectivity index (χ2v) is 3.44. The summed E-state index contributed by atoms with van der Waals surface area (Å²) >= 11 is 0. The highest BCUT2D eigenvalue weighted by molar-refractivity contribution is 5.85. The van der Waals surface area contributed by atoms with Crippen LogP contribution in [0.25, 0.3) is 0 Å². The molecule has 0 aromatic heterocycles. The average molecular weight is 213 g/mol. The Morgan fingerprint density at radius 2 is 2.07 bits per heavy atom. The average Bonchev–Trinajstić information content (AvgIpc) is 2.27. The van der Waals surface area contributed by atoms with Crippen LogP contribution in [-0.2, 0) is 14.4 Å². The first-order valence-electron chi connectivity index (χ1n) is 4.78. The van der Waals surface area contributed by atoms with Gasteiger partial charge < -0.3 is 15.1 Å². The molecule has 1 aliphatic heterocycles. The van der Waals surface area contributed by atoms with E-state index >= 15 is 0 Å². The molecular formula is C9H15N3O3. The first kappa shape index (κ1) is 11.5. The standard InChI is InChI=1S/C9H15N3O3/c1-7(14)11-3-4-12(6-13)8(5-11)9(15)10-2/h6,8H,3-5H2,1-2H3,(H,10,15). The Balaban J connectivity index is 2.73. The molecule has 1 rings (SSSR count). The van der Waals surface area contributed by atoms with E-state index in [1.54, 1.807) is 4.90 Å². The van der Waals surface area contributed by atoms with Crippen LogP contribution in [-0.4, -0.2) is 60.7 Å². The van der Waals surface area contributed by atoms with Gasteiger partial charge in [0.15, 0.2) is 0 Å². The van der Waals surface area contributed by atoms with E-state index < -0.39 is 6.04 Å². The van der Waals surface area contributed by atoms with Crippen molar-refractivity contribution in [2.24, 2.45) is 0 Å². The van der Waals surface area contributed by atoms with Gasteiger partial charge in [-0.1, -0.05) is 0 Å². The van der Waals surface area contributed by atoms with Crippen molar-refractivity contribution < 1.29 is 14.4 Å². The molecular weight excluding hydrogens is 198 g/mol. The van der Waals surface area contributed by atoms with Gasteiger partial charge in [-0.3, -0.25) is 14.4 Å². The van der Waals surface area contributed by atoms with Crippen molar-refractivity contribution in [2.45, 2.75) is 13.0 Å². The van der Waals surface area contributed by atoms with Gasteiger partial charge in [0.1, 0.15) is 6.04 Å². The summed E-state index contributed by atoms with van der Waals surface area (Å²) in [4.78, 5) is 36.3. The topological polar surface area (TPSA) is 69.7 Å². The van der Waals surface area contributed by atoms with Crippen molar-refractivity contribution in [2.75, 3.05) is 26.7 Å². The molecule has 3 amide bonds. The van der Waals surface area contributed by atoms with Crippen LogP contribution in [0.3, 0.4) is 0 Å². The Kier molecular flexibility index (Phi) is 3.65. The largest absolute Gasteiger partial charge is 0.357 e. The van der Waals surface area contributed by atoms with Gasteiger partial charge in [-0.05, 0) is 0 Å². The SMILES string of the molecule is CNC(=O)C1CN(C(C)=O)CCN1C=O. The highest BCUT2D eigenvalue weighted by Crippen LogP contribution is 2.08. The fourth-order valence-electron chi connectivity index (χ4n) is 1.61. The van der Waals surface area contributed by atoms with Crippen LogP contribution in [0, 0.1) is 0 Å². The van der Waals surface area contributed by atoms with Crippen LogP contribution in [0.1, 0.15) is 6.92 Å². The molecule has 0 aliphatic carbocycles. The molecule has 1 aliphatic rings. The van der Waals surface area contributed by atoms with Gasteiger partial charge in [0.05, 0.1) is 6.54 Å². The minimum absolute atomic E-state index is 0.0746. The number of piperazine rings is 1. The Hall–Kier alpha value is -1.59. The van der Waals surface area contributed by atoms with Gasteiger partial charge >= 0.3 is 0 Å². The minimum atomic E-state index is -0.565. The molecule has 0 aromatic rings. The van der Waals surface area contributed by atoms with E-state index in [9.17, 15) is 14.4 Å². The van der Waals surface area contributed by atoms with Gasteiger partial charge in [0.25, 0.3) is 0 Å². The van der Waals surface area contributed by atoms with Crippen LogP contribution in [0.4, 0.5) is 0 Å². The molecule has 1 unspecified atom stereocenters. The third-order valence-electron chi connectivity index (χ3n) is 2.55. The molecule has 1 heterocycles. The predicted octanol–water partition coefficient (Wildman–Crippen LogP) is -1.58. The van der Waals surface area contributed by atoms with Crippen molar-refractivity contribution >= 4 is 18.2 Å². The molecule has 1 fully saturated rings. The number of hydrogen-bond donors (Lipinski definition) is 1. The zero-order valence-electron chi connectivity index (χ0n) is 8.90. The second kappa shape index (κ2) is 4.77. The minimum Gasteiger partial charge on any atom is -0.357 e. The van der Waals surface area contributed by atoms with Crippen molar-refractivity contribution in [1.82, 2.24) is 15.1 Å². The van der Waals surface area contributed by atoms with Crippen LogP contribution in [0.2, 0.25) is 0 Å². The van der Waals surface area contributed by atoms with E-state index in [0.717, 1.165) is 0 Å². The zero-order valence-corrected chi connectivity index (χ0v) is 8.90. The molecule has 6 heteroatoms. The third-order valence-corrected chi connectivity index (χ3v) is 2.55. The number of hydrogen-bond acceptors (Lipinski definition) is 3. The number of amides is 3. The summed E-state index contributed by atoms with van der Waals surface area (Å²) in [6.07, 6.45) is 0.650. The van der Waals surface area contributed by atoms with Crippen molar-refractivity contribution in [3.05, 3.63) is 0 Å². The predicted molar refractivity (Wildman–Crippen MR) is 52.9 cm³/mol. The Labute approximate surface area is 88.2 Å². The highest BCUT2D eigenvalue weighted by Gasteiger charge is 2.31. The molecule has 1 saturated heterocycles. The van der Waals surface area contributed by atoms with E-state index in [1.807, 2.05) is 0 Å². The van der Waals surface area contributed by atoms with Gasteiger partial charge in [0, 0.05) is 27.1 Å². The molecule has 1 atom stereocenters. The van der Waals surface area contributed by atoms with Crippen molar-refractivity contribution in [3.63, 3.8) is 0 Å². The maximum atomic E-state index is 11.5. The summed E-state index contributed by atoms with van der Waals surface area (Å²) in [5.41, 5.74) is 0. The molecule has 0 radical (unpaired) electrons. The lowest BCUT2D eigenvalue weighted by Crippen LogP contribution is -2.58. The van der Waals surface area contributed by atoms with E-state index in [4.69, 9.17) is 0 Å². The lowest BCUT2D eigenvalue weighted by molar-refractivity contribution is -0.141. The molecule has 0 saturated carbocycles. The summed E-state index contributed by atoms with van der Waals surface area (Å²) < 4.78 is 0. The lowest BCUT2D eigenvalue weighted by Gasteiger charge is -2.37. The summed E-state index contributed by atoms with van der Waals surface area (Å²) in [7, 11) is 1.51. The Bertz CT molecular complexity index is 280. The number of likely N-dealkylation sites (N-methyl/N-ethyl adjacent to an activating group) is 1. The van der Waals surface area contributed by atoms with E-state index in [2.05, 4.69) is 5.32 Å². The van der Waals surface area contributed by atoms with Crippen LogP contribution in [0.5, 0.6) is 0 Å². The summed E-state index contributed by atoms with van der Waals surface area (Å²) in [5, 5.41) is 2.48. The smallest absolute Gasteiger partial charge is 0.244 e. The van der Waals surface area contributed by atoms with Crippen LogP contribution in [0.15, 0.2) is 0 Å². The van der Waals surface area contributed by atoms with Crippen LogP contribution < -0.4 is 5.32 Å². The van der Waals surface area contributed by atoms with Gasteiger partial charge in [-0.2, -0.15) is 0 Å². The number of carbonyl (C=O) groups excluding carboxylic acids is 3. The zero-order chi connectivity index (χ0) is 11.4. The highest BCUT2D eigenvalue weighted by atomic mass is 16.2. The normalized spacial score (nSPS) is 21.1. The van der Waals surface area contributed by atoms with Crippen molar-refractivity contribution in [1.29, 1.82) is 0 Å². The van der Waals surface area contributed by atoms with E-state index in [1.165, 1.54) is 18.9 Å². The Morgan fingerprint density at radius 1 is 1.40 bits per heavy atom. The fourth-order valence-corrected chi connectivity index (χ4v) is 1.61. The molecule has 84 valence electrons. The van der Waals surface area contributed by atoms with Crippen molar-refractivity contribution in [3.8, 4) is 0 Å². The monoisotopic (exact) mass is 213 g/mol. The maximum Gasteiger partial charge on any atom is 0.244 e. The molecule has 15 heavy (non-hydrogen) atoms. The maximum absolute atomic E-state index is 11.5. The van der Waals surface area contributed by atoms with E-state index in [0.29, 0.717) is 19.5 Å². The molecule has 0 bridgehead atoms. The first-order chi connectivity index (χ1) is 7.10.